The first-order valence-corrected chi connectivity index (χ1v) is 7.99. The fraction of sp³-hybridized carbons (Fsp3) is 0.533. The lowest BCUT2D eigenvalue weighted by Gasteiger charge is -2.22. The van der Waals surface area contributed by atoms with Crippen LogP contribution in [-0.4, -0.2) is 44.9 Å². The van der Waals surface area contributed by atoms with Crippen LogP contribution in [0.5, 0.6) is 0 Å². The molecule has 0 bridgehead atoms. The minimum absolute atomic E-state index is 0.168. The molecule has 0 aliphatic heterocycles. The van der Waals surface area contributed by atoms with E-state index in [0.29, 0.717) is 11.4 Å². The van der Waals surface area contributed by atoms with Gasteiger partial charge in [0, 0.05) is 13.0 Å². The van der Waals surface area contributed by atoms with Gasteiger partial charge in [0.05, 0.1) is 25.9 Å². The highest BCUT2D eigenvalue weighted by Gasteiger charge is 2.25. The summed E-state index contributed by atoms with van der Waals surface area (Å²) in [5.74, 6) is -0.891. The Morgan fingerprint density at radius 1 is 1.22 bits per heavy atom. The van der Waals surface area contributed by atoms with Crippen molar-refractivity contribution in [1.29, 1.82) is 0 Å². The van der Waals surface area contributed by atoms with Gasteiger partial charge in [0.1, 0.15) is 5.00 Å². The van der Waals surface area contributed by atoms with E-state index in [1.54, 1.807) is 25.3 Å². The maximum Gasteiger partial charge on any atom is 0.415 e. The van der Waals surface area contributed by atoms with Crippen molar-refractivity contribution in [2.75, 3.05) is 25.7 Å². The van der Waals surface area contributed by atoms with Crippen molar-refractivity contribution in [3.8, 4) is 0 Å². The van der Waals surface area contributed by atoms with E-state index in [2.05, 4.69) is 4.74 Å². The van der Waals surface area contributed by atoms with Gasteiger partial charge < -0.3 is 14.2 Å². The molecule has 0 atom stereocenters. The molecule has 23 heavy (non-hydrogen) atoms. The second-order valence-corrected chi connectivity index (χ2v) is 5.79. The van der Waals surface area contributed by atoms with Gasteiger partial charge in [-0.15, -0.1) is 11.3 Å². The monoisotopic (exact) mass is 343 g/mol. The second-order valence-electron chi connectivity index (χ2n) is 4.89. The lowest BCUT2D eigenvalue weighted by atomic mass is 10.2. The average molecular weight is 343 g/mol. The van der Waals surface area contributed by atoms with Crippen LogP contribution < -0.4 is 4.90 Å². The quantitative estimate of drug-likeness (QED) is 0.559. The number of esters is 2. The van der Waals surface area contributed by atoms with Crippen molar-refractivity contribution < 1.29 is 28.6 Å². The van der Waals surface area contributed by atoms with Crippen molar-refractivity contribution in [3.63, 3.8) is 0 Å². The lowest BCUT2D eigenvalue weighted by molar-refractivity contribution is -0.140. The zero-order chi connectivity index (χ0) is 17.4. The summed E-state index contributed by atoms with van der Waals surface area (Å²) in [5.41, 5.74) is 0.288. The molecule has 1 aromatic heterocycles. The summed E-state index contributed by atoms with van der Waals surface area (Å²) in [6.45, 7) is 3.70. The van der Waals surface area contributed by atoms with Crippen LogP contribution in [0.15, 0.2) is 11.4 Å². The molecule has 1 aromatic rings. The summed E-state index contributed by atoms with van der Waals surface area (Å²) in [6.07, 6.45) is -0.316. The Kier molecular flexibility index (Phi) is 7.53. The Hall–Kier alpha value is -2.09. The summed E-state index contributed by atoms with van der Waals surface area (Å²) >= 11 is 1.23. The summed E-state index contributed by atoms with van der Waals surface area (Å²) in [6, 6.07) is 1.59. The molecule has 0 aliphatic carbocycles. The van der Waals surface area contributed by atoms with Crippen LogP contribution in [-0.2, 0) is 19.0 Å². The lowest BCUT2D eigenvalue weighted by Crippen LogP contribution is -2.34. The number of carbonyl (C=O) groups excluding carboxylic acids is 3. The van der Waals surface area contributed by atoms with Crippen molar-refractivity contribution in [1.82, 2.24) is 0 Å². The number of carbonyl (C=O) groups is 3. The van der Waals surface area contributed by atoms with Crippen molar-refractivity contribution >= 4 is 34.4 Å². The van der Waals surface area contributed by atoms with E-state index in [-0.39, 0.29) is 30.6 Å². The molecule has 128 valence electrons. The zero-order valence-electron chi connectivity index (χ0n) is 13.7. The summed E-state index contributed by atoms with van der Waals surface area (Å²) in [4.78, 5) is 36.7. The summed E-state index contributed by atoms with van der Waals surface area (Å²) < 4.78 is 14.5. The van der Waals surface area contributed by atoms with Crippen molar-refractivity contribution in [3.05, 3.63) is 17.0 Å². The zero-order valence-corrected chi connectivity index (χ0v) is 14.5. The highest BCUT2D eigenvalue weighted by atomic mass is 32.1. The second kappa shape index (κ2) is 9.14. The molecule has 1 rings (SSSR count). The van der Waals surface area contributed by atoms with Gasteiger partial charge in [0.2, 0.25) is 0 Å². The molecule has 8 heteroatoms. The van der Waals surface area contributed by atoms with Gasteiger partial charge in [0.15, 0.2) is 0 Å². The van der Waals surface area contributed by atoms with E-state index in [0.717, 1.165) is 0 Å². The number of hydrogen-bond acceptors (Lipinski definition) is 7. The summed E-state index contributed by atoms with van der Waals surface area (Å²) in [5, 5.41) is 2.13. The predicted octanol–water partition coefficient (Wildman–Crippen LogP) is 2.84. The van der Waals surface area contributed by atoms with Crippen LogP contribution in [0.2, 0.25) is 0 Å². The number of amides is 1. The fourth-order valence-corrected chi connectivity index (χ4v) is 2.70. The predicted molar refractivity (Wildman–Crippen MR) is 85.9 cm³/mol. The van der Waals surface area contributed by atoms with Gasteiger partial charge in [0.25, 0.3) is 0 Å². The largest absolute Gasteiger partial charge is 0.469 e. The first kappa shape index (κ1) is 19.0. The van der Waals surface area contributed by atoms with Crippen LogP contribution in [0.25, 0.3) is 0 Å². The van der Waals surface area contributed by atoms with Gasteiger partial charge in [-0.2, -0.15) is 0 Å². The fourth-order valence-electron chi connectivity index (χ4n) is 1.80. The molecule has 1 amide bonds. The number of nitrogens with zero attached hydrogens (tertiary/aromatic N) is 1. The molecule has 1 heterocycles. The molecule has 0 spiro atoms. The standard InChI is InChI=1S/C15H21NO6S/c1-10(2)22-15(19)16(8-5-6-12(17)20-3)13-11(7-9-23-13)14(18)21-4/h7,9-10H,5-6,8H2,1-4H3. The number of thiophene rings is 1. The molecule has 0 saturated carbocycles. The Labute approximate surface area is 139 Å². The minimum atomic E-state index is -0.572. The maximum atomic E-state index is 12.3. The molecular weight excluding hydrogens is 322 g/mol. The third kappa shape index (κ3) is 5.55. The van der Waals surface area contributed by atoms with Gasteiger partial charge in [-0.3, -0.25) is 9.69 Å². The van der Waals surface area contributed by atoms with Crippen LogP contribution in [0.1, 0.15) is 37.0 Å². The van der Waals surface area contributed by atoms with E-state index in [1.807, 2.05) is 0 Å². The number of anilines is 1. The van der Waals surface area contributed by atoms with E-state index in [4.69, 9.17) is 9.47 Å². The van der Waals surface area contributed by atoms with Crippen molar-refractivity contribution in [2.24, 2.45) is 0 Å². The molecule has 0 unspecified atom stereocenters. The molecule has 0 fully saturated rings. The Bertz CT molecular complexity index is 554. The smallest absolute Gasteiger partial charge is 0.415 e. The first-order chi connectivity index (χ1) is 10.9. The molecule has 0 aliphatic rings. The molecule has 0 aromatic carbocycles. The minimum Gasteiger partial charge on any atom is -0.469 e. The van der Waals surface area contributed by atoms with Crippen LogP contribution >= 0.6 is 11.3 Å². The van der Waals surface area contributed by atoms with Gasteiger partial charge in [-0.25, -0.2) is 9.59 Å². The number of rotatable bonds is 7. The molecule has 0 saturated heterocycles. The number of methoxy groups -OCH3 is 2. The highest BCUT2D eigenvalue weighted by molar-refractivity contribution is 7.14. The van der Waals surface area contributed by atoms with E-state index in [1.165, 1.54) is 30.5 Å². The Morgan fingerprint density at radius 3 is 2.48 bits per heavy atom. The molecule has 7 nitrogen and oxygen atoms in total. The molecule has 0 radical (unpaired) electrons. The maximum absolute atomic E-state index is 12.3. The Morgan fingerprint density at radius 2 is 1.91 bits per heavy atom. The third-order valence-electron chi connectivity index (χ3n) is 2.84. The third-order valence-corrected chi connectivity index (χ3v) is 3.78. The van der Waals surface area contributed by atoms with Gasteiger partial charge in [-0.1, -0.05) is 0 Å². The van der Waals surface area contributed by atoms with Gasteiger partial charge >= 0.3 is 18.0 Å². The number of hydrogen-bond donors (Lipinski definition) is 0. The van der Waals surface area contributed by atoms with Crippen LogP contribution in [0.3, 0.4) is 0 Å². The van der Waals surface area contributed by atoms with Crippen LogP contribution in [0.4, 0.5) is 9.80 Å². The average Bonchev–Trinajstić information content (AvgIpc) is 2.98. The van der Waals surface area contributed by atoms with E-state index >= 15 is 0 Å². The van der Waals surface area contributed by atoms with Crippen LogP contribution in [0, 0.1) is 0 Å². The molecule has 0 N–H and O–H groups in total. The van der Waals surface area contributed by atoms with Crippen molar-refractivity contribution in [2.45, 2.75) is 32.8 Å². The van der Waals surface area contributed by atoms with E-state index < -0.39 is 12.1 Å². The first-order valence-electron chi connectivity index (χ1n) is 7.11. The number of ether oxygens (including phenoxy) is 3. The SMILES string of the molecule is COC(=O)CCCN(C(=O)OC(C)C)c1sccc1C(=O)OC. The Balaban J connectivity index is 2.95. The highest BCUT2D eigenvalue weighted by Crippen LogP contribution is 2.29. The van der Waals surface area contributed by atoms with E-state index in [9.17, 15) is 14.4 Å². The van der Waals surface area contributed by atoms with Gasteiger partial charge in [-0.05, 0) is 31.7 Å². The topological polar surface area (TPSA) is 82.1 Å². The molecular formula is C15H21NO6S. The summed E-state index contributed by atoms with van der Waals surface area (Å²) in [7, 11) is 2.58. The normalized spacial score (nSPS) is 10.3.